The molecule has 5 heteroatoms. The van der Waals surface area contributed by atoms with Crippen LogP contribution in [0.3, 0.4) is 0 Å². The highest BCUT2D eigenvalue weighted by atomic mass is 35.5. The monoisotopic (exact) mass is 342 g/mol. The minimum Gasteiger partial charge on any atom is -0.351 e. The number of carbonyl (C=O) groups is 1. The van der Waals surface area contributed by atoms with Gasteiger partial charge in [-0.25, -0.2) is 0 Å². The summed E-state index contributed by atoms with van der Waals surface area (Å²) in [5.74, 6) is 0.177. The smallest absolute Gasteiger partial charge is 0.224 e. The minimum atomic E-state index is -0.189. The van der Waals surface area contributed by atoms with E-state index in [0.29, 0.717) is 16.6 Å². The number of likely N-dealkylation sites (tertiary alicyclic amines) is 1. The molecular formula is C17H24Cl2N2O. The molecule has 0 spiro atoms. The first-order valence-corrected chi connectivity index (χ1v) is 8.49. The Labute approximate surface area is 143 Å². The number of carbonyl (C=O) groups excluding carboxylic acids is 1. The van der Waals surface area contributed by atoms with Crippen LogP contribution in [0.25, 0.3) is 0 Å². The van der Waals surface area contributed by atoms with Crippen LogP contribution < -0.4 is 5.32 Å². The summed E-state index contributed by atoms with van der Waals surface area (Å²) in [5, 5.41) is 4.46. The molecule has 1 aromatic carbocycles. The number of nitrogens with one attached hydrogen (secondary N) is 1. The fourth-order valence-electron chi connectivity index (χ4n) is 2.79. The van der Waals surface area contributed by atoms with Crippen molar-refractivity contribution in [2.75, 3.05) is 13.1 Å². The first-order valence-electron chi connectivity index (χ1n) is 7.73. The lowest BCUT2D eigenvalue weighted by molar-refractivity contribution is -0.128. The Morgan fingerprint density at radius 2 is 1.95 bits per heavy atom. The molecule has 1 N–H and O–H groups in total. The second-order valence-corrected chi connectivity index (χ2v) is 7.83. The molecule has 1 aliphatic rings. The van der Waals surface area contributed by atoms with Crippen molar-refractivity contribution in [1.82, 2.24) is 10.2 Å². The molecule has 1 saturated heterocycles. The van der Waals surface area contributed by atoms with Gasteiger partial charge in [0.1, 0.15) is 0 Å². The molecule has 1 aromatic rings. The van der Waals surface area contributed by atoms with E-state index in [1.54, 1.807) is 0 Å². The number of halogens is 2. The molecule has 0 unspecified atom stereocenters. The molecule has 0 aliphatic carbocycles. The minimum absolute atomic E-state index is 0.0363. The molecule has 22 heavy (non-hydrogen) atoms. The van der Waals surface area contributed by atoms with Gasteiger partial charge in [-0.15, -0.1) is 0 Å². The third-order valence-electron chi connectivity index (χ3n) is 3.82. The number of amides is 1. The van der Waals surface area contributed by atoms with E-state index in [2.05, 4.69) is 10.2 Å². The van der Waals surface area contributed by atoms with E-state index in [4.69, 9.17) is 23.2 Å². The zero-order valence-electron chi connectivity index (χ0n) is 13.5. The summed E-state index contributed by atoms with van der Waals surface area (Å²) in [6.07, 6.45) is 1.96. The van der Waals surface area contributed by atoms with Gasteiger partial charge in [0.2, 0.25) is 5.91 Å². The normalized spacial score (nSPS) is 20.0. The van der Waals surface area contributed by atoms with E-state index in [1.165, 1.54) is 0 Å². The van der Waals surface area contributed by atoms with Gasteiger partial charge in [0.05, 0.1) is 5.92 Å². The second kappa shape index (κ2) is 7.20. The first-order chi connectivity index (χ1) is 10.3. The second-order valence-electron chi connectivity index (χ2n) is 7.01. The van der Waals surface area contributed by atoms with E-state index < -0.39 is 0 Å². The van der Waals surface area contributed by atoms with Gasteiger partial charge < -0.3 is 5.32 Å². The summed E-state index contributed by atoms with van der Waals surface area (Å²) in [4.78, 5) is 14.6. The van der Waals surface area contributed by atoms with Gasteiger partial charge in [-0.05, 0) is 52.3 Å². The summed E-state index contributed by atoms with van der Waals surface area (Å²) in [6, 6.07) is 5.57. The SMILES string of the molecule is CC(C)(C)NC(=O)[C@H]1CCCN(Cc2c(Cl)cccc2Cl)C1. The zero-order chi connectivity index (χ0) is 16.3. The third-order valence-corrected chi connectivity index (χ3v) is 4.53. The van der Waals surface area contributed by atoms with E-state index in [1.807, 2.05) is 39.0 Å². The van der Waals surface area contributed by atoms with E-state index in [0.717, 1.165) is 31.5 Å². The molecule has 0 aromatic heterocycles. The van der Waals surface area contributed by atoms with Gasteiger partial charge in [-0.1, -0.05) is 29.3 Å². The molecular weight excluding hydrogens is 319 g/mol. The first kappa shape index (κ1) is 17.6. The van der Waals surface area contributed by atoms with Crippen LogP contribution >= 0.6 is 23.2 Å². The van der Waals surface area contributed by atoms with Gasteiger partial charge >= 0.3 is 0 Å². The average Bonchev–Trinajstić information content (AvgIpc) is 2.41. The topological polar surface area (TPSA) is 32.3 Å². The molecule has 1 fully saturated rings. The molecule has 1 aliphatic heterocycles. The van der Waals surface area contributed by atoms with Gasteiger partial charge in [0, 0.05) is 34.2 Å². The predicted molar refractivity (Wildman–Crippen MR) is 92.4 cm³/mol. The largest absolute Gasteiger partial charge is 0.351 e. The number of benzene rings is 1. The van der Waals surface area contributed by atoms with Crippen molar-refractivity contribution in [2.24, 2.45) is 5.92 Å². The van der Waals surface area contributed by atoms with Crippen LogP contribution in [-0.4, -0.2) is 29.4 Å². The van der Waals surface area contributed by atoms with Gasteiger partial charge in [0.25, 0.3) is 0 Å². The quantitative estimate of drug-likeness (QED) is 0.895. The summed E-state index contributed by atoms with van der Waals surface area (Å²) in [7, 11) is 0. The Kier molecular flexibility index (Phi) is 5.76. The number of rotatable bonds is 3. The predicted octanol–water partition coefficient (Wildman–Crippen LogP) is 4.12. The van der Waals surface area contributed by atoms with Crippen molar-refractivity contribution in [3.05, 3.63) is 33.8 Å². The standard InChI is InChI=1S/C17H24Cl2N2O/c1-17(2,3)20-16(22)12-6-5-9-21(10-12)11-13-14(18)7-4-8-15(13)19/h4,7-8,12H,5-6,9-11H2,1-3H3,(H,20,22)/t12-/m0/s1. The molecule has 1 heterocycles. The Balaban J connectivity index is 2.00. The Bertz CT molecular complexity index is 520. The van der Waals surface area contributed by atoms with Crippen molar-refractivity contribution in [2.45, 2.75) is 45.7 Å². The summed E-state index contributed by atoms with van der Waals surface area (Å²) in [5.41, 5.74) is 0.758. The van der Waals surface area contributed by atoms with Crippen LogP contribution in [0.5, 0.6) is 0 Å². The number of hydrogen-bond acceptors (Lipinski definition) is 2. The van der Waals surface area contributed by atoms with Crippen LogP contribution in [0, 0.1) is 5.92 Å². The summed E-state index contributed by atoms with van der Waals surface area (Å²) < 4.78 is 0. The molecule has 3 nitrogen and oxygen atoms in total. The number of nitrogens with zero attached hydrogens (tertiary/aromatic N) is 1. The van der Waals surface area contributed by atoms with E-state index >= 15 is 0 Å². The van der Waals surface area contributed by atoms with Gasteiger partial charge in [0.15, 0.2) is 0 Å². The summed E-state index contributed by atoms with van der Waals surface area (Å²) in [6.45, 7) is 8.45. The fourth-order valence-corrected chi connectivity index (χ4v) is 3.31. The number of piperidine rings is 1. The molecule has 2 rings (SSSR count). The maximum atomic E-state index is 12.4. The lowest BCUT2D eigenvalue weighted by atomic mass is 9.95. The van der Waals surface area contributed by atoms with E-state index in [9.17, 15) is 4.79 Å². The van der Waals surface area contributed by atoms with Crippen LogP contribution in [0.15, 0.2) is 18.2 Å². The van der Waals surface area contributed by atoms with Crippen LogP contribution in [0.1, 0.15) is 39.2 Å². The third kappa shape index (κ3) is 4.87. The lowest BCUT2D eigenvalue weighted by Gasteiger charge is -2.34. The summed E-state index contributed by atoms with van der Waals surface area (Å²) >= 11 is 12.5. The van der Waals surface area contributed by atoms with Crippen LogP contribution in [0.4, 0.5) is 0 Å². The highest BCUT2D eigenvalue weighted by Crippen LogP contribution is 2.27. The zero-order valence-corrected chi connectivity index (χ0v) is 15.0. The lowest BCUT2D eigenvalue weighted by Crippen LogP contribution is -2.48. The average molecular weight is 343 g/mol. The fraction of sp³-hybridized carbons (Fsp3) is 0.588. The Hall–Kier alpha value is -0.770. The van der Waals surface area contributed by atoms with Crippen molar-refractivity contribution in [3.63, 3.8) is 0 Å². The van der Waals surface area contributed by atoms with Crippen LogP contribution in [0.2, 0.25) is 10.0 Å². The van der Waals surface area contributed by atoms with Crippen molar-refractivity contribution < 1.29 is 4.79 Å². The Morgan fingerprint density at radius 1 is 1.32 bits per heavy atom. The maximum absolute atomic E-state index is 12.4. The molecule has 0 radical (unpaired) electrons. The molecule has 0 saturated carbocycles. The van der Waals surface area contributed by atoms with Gasteiger partial charge in [-0.3, -0.25) is 9.69 Å². The molecule has 1 amide bonds. The van der Waals surface area contributed by atoms with Crippen LogP contribution in [-0.2, 0) is 11.3 Å². The maximum Gasteiger partial charge on any atom is 0.224 e. The molecule has 0 bridgehead atoms. The highest BCUT2D eigenvalue weighted by Gasteiger charge is 2.28. The van der Waals surface area contributed by atoms with Gasteiger partial charge in [-0.2, -0.15) is 0 Å². The Morgan fingerprint density at radius 3 is 2.55 bits per heavy atom. The molecule has 122 valence electrons. The number of hydrogen-bond donors (Lipinski definition) is 1. The van der Waals surface area contributed by atoms with Crippen molar-refractivity contribution >= 4 is 29.1 Å². The molecule has 1 atom stereocenters. The highest BCUT2D eigenvalue weighted by molar-refractivity contribution is 6.35. The van der Waals surface area contributed by atoms with Crippen molar-refractivity contribution in [3.8, 4) is 0 Å². The van der Waals surface area contributed by atoms with E-state index in [-0.39, 0.29) is 17.4 Å². The van der Waals surface area contributed by atoms with Crippen molar-refractivity contribution in [1.29, 1.82) is 0 Å².